The Morgan fingerprint density at radius 1 is 1.71 bits per heavy atom. The summed E-state index contributed by atoms with van der Waals surface area (Å²) in [6, 6.07) is 2.23. The highest BCUT2D eigenvalue weighted by atomic mass is 35.5. The van der Waals surface area contributed by atoms with Crippen LogP contribution in [0.15, 0.2) is 4.99 Å². The highest BCUT2D eigenvalue weighted by Gasteiger charge is 2.12. The van der Waals surface area contributed by atoms with Gasteiger partial charge < -0.3 is 0 Å². The molecule has 6 nitrogen and oxygen atoms in total. The van der Waals surface area contributed by atoms with E-state index in [1.165, 1.54) is 6.21 Å². The Morgan fingerprint density at radius 3 is 2.94 bits per heavy atom. The molecule has 0 aromatic carbocycles. The Bertz CT molecular complexity index is 530. The van der Waals surface area contributed by atoms with Gasteiger partial charge in [0.15, 0.2) is 11.2 Å². The number of aromatic amines is 1. The van der Waals surface area contributed by atoms with Crippen LogP contribution in [0.3, 0.4) is 0 Å². The maximum absolute atomic E-state index is 8.74. The highest BCUT2D eigenvalue weighted by molar-refractivity contribution is 6.32. The van der Waals surface area contributed by atoms with Gasteiger partial charge in [-0.3, -0.25) is 15.5 Å². The normalized spacial score (nSPS) is 12.0. The number of hydrogen-bond donors (Lipinski definition) is 2. The summed E-state index contributed by atoms with van der Waals surface area (Å²) in [6.45, 7) is 1.92. The number of nitriles is 2. The number of aliphatic imine (C=N–C) groups is 1. The van der Waals surface area contributed by atoms with Crippen LogP contribution in [0, 0.1) is 28.1 Å². The zero-order chi connectivity index (χ0) is 12.8. The van der Waals surface area contributed by atoms with Gasteiger partial charge in [0.05, 0.1) is 11.6 Å². The summed E-state index contributed by atoms with van der Waals surface area (Å²) >= 11 is 5.83. The minimum Gasteiger partial charge on any atom is -0.291 e. The summed E-state index contributed by atoms with van der Waals surface area (Å²) in [4.78, 5) is 3.85. The van der Waals surface area contributed by atoms with Crippen molar-refractivity contribution in [1.29, 1.82) is 15.9 Å². The molecule has 0 bridgehead atoms. The number of halogens is 1. The summed E-state index contributed by atoms with van der Waals surface area (Å²) < 4.78 is 0. The molecule has 86 valence electrons. The maximum atomic E-state index is 8.74. The largest absolute Gasteiger partial charge is 0.291 e. The third-order valence-corrected chi connectivity index (χ3v) is 2.35. The molecule has 1 heterocycles. The van der Waals surface area contributed by atoms with Gasteiger partial charge in [-0.1, -0.05) is 18.5 Å². The average Bonchev–Trinajstić information content (AvgIpc) is 2.70. The van der Waals surface area contributed by atoms with Gasteiger partial charge in [0.25, 0.3) is 0 Å². The summed E-state index contributed by atoms with van der Waals surface area (Å²) in [5.74, 6) is 0. The van der Waals surface area contributed by atoms with Crippen molar-refractivity contribution >= 4 is 23.5 Å². The van der Waals surface area contributed by atoms with Gasteiger partial charge >= 0.3 is 0 Å². The predicted molar refractivity (Wildman–Crippen MR) is 63.3 cm³/mol. The topological polar surface area (TPSA) is 112 Å². The third kappa shape index (κ3) is 2.90. The number of nitrogens with one attached hydrogen (secondary N) is 2. The van der Waals surface area contributed by atoms with E-state index in [9.17, 15) is 0 Å². The molecule has 1 rings (SSSR count). The molecule has 0 fully saturated rings. The molecule has 0 aliphatic carbocycles. The molecule has 0 saturated heterocycles. The van der Waals surface area contributed by atoms with Crippen LogP contribution in [-0.2, 0) is 6.42 Å². The fourth-order valence-electron chi connectivity index (χ4n) is 1.14. The maximum Gasteiger partial charge on any atom is 0.187 e. The molecule has 0 spiro atoms. The van der Waals surface area contributed by atoms with Crippen LogP contribution in [0.5, 0.6) is 0 Å². The fraction of sp³-hybridized carbons (Fsp3) is 0.300. The van der Waals surface area contributed by atoms with E-state index >= 15 is 0 Å². The lowest BCUT2D eigenvalue weighted by molar-refractivity contribution is 0.973. The summed E-state index contributed by atoms with van der Waals surface area (Å²) in [6.07, 6.45) is 2.05. The standard InChI is InChI=1S/C10H9ClN6/c1-2-8-6(10(11)17-16-8)5-15-9(4-13)7(14)3-12/h5,9,14H,2H2,1H3,(H,16,17). The Labute approximate surface area is 103 Å². The molecule has 0 radical (unpaired) electrons. The zero-order valence-electron chi connectivity index (χ0n) is 9.03. The van der Waals surface area contributed by atoms with Crippen LogP contribution >= 0.6 is 11.6 Å². The highest BCUT2D eigenvalue weighted by Crippen LogP contribution is 2.14. The monoisotopic (exact) mass is 248 g/mol. The molecule has 0 aliphatic rings. The quantitative estimate of drug-likeness (QED) is 0.787. The van der Waals surface area contributed by atoms with Crippen LogP contribution in [0.2, 0.25) is 5.15 Å². The number of aryl methyl sites for hydroxylation is 1. The van der Waals surface area contributed by atoms with Crippen LogP contribution in [0.1, 0.15) is 18.2 Å². The van der Waals surface area contributed by atoms with Crippen molar-refractivity contribution in [2.75, 3.05) is 0 Å². The first kappa shape index (κ1) is 12.9. The molecular weight excluding hydrogens is 240 g/mol. The predicted octanol–water partition coefficient (Wildman–Crippen LogP) is 1.48. The van der Waals surface area contributed by atoms with E-state index in [0.717, 1.165) is 5.69 Å². The second-order valence-corrected chi connectivity index (χ2v) is 3.45. The molecule has 1 unspecified atom stereocenters. The average molecular weight is 249 g/mol. The molecule has 0 saturated carbocycles. The van der Waals surface area contributed by atoms with Gasteiger partial charge in [-0.2, -0.15) is 15.6 Å². The second-order valence-electron chi connectivity index (χ2n) is 3.10. The molecule has 1 atom stereocenters. The SMILES string of the molecule is CCc1[nH]nc(Cl)c1C=NC(C#N)C(=N)C#N. The van der Waals surface area contributed by atoms with Crippen LogP contribution in [0.4, 0.5) is 0 Å². The Balaban J connectivity index is 2.98. The van der Waals surface area contributed by atoms with Crippen molar-refractivity contribution in [3.63, 3.8) is 0 Å². The van der Waals surface area contributed by atoms with Crippen molar-refractivity contribution in [2.24, 2.45) is 4.99 Å². The van der Waals surface area contributed by atoms with E-state index < -0.39 is 11.8 Å². The second kappa shape index (κ2) is 5.78. The number of nitrogens with zero attached hydrogens (tertiary/aromatic N) is 4. The van der Waals surface area contributed by atoms with Crippen molar-refractivity contribution in [1.82, 2.24) is 10.2 Å². The van der Waals surface area contributed by atoms with Gasteiger partial charge in [-0.15, -0.1) is 0 Å². The van der Waals surface area contributed by atoms with Gasteiger partial charge in [0, 0.05) is 11.9 Å². The fourth-order valence-corrected chi connectivity index (χ4v) is 1.35. The van der Waals surface area contributed by atoms with Crippen molar-refractivity contribution in [3.05, 3.63) is 16.4 Å². The lowest BCUT2D eigenvalue weighted by atomic mass is 10.2. The van der Waals surface area contributed by atoms with Crippen LogP contribution in [-0.4, -0.2) is 28.2 Å². The number of aromatic nitrogens is 2. The Hall–Kier alpha value is -2.18. The van der Waals surface area contributed by atoms with Crippen LogP contribution in [0.25, 0.3) is 0 Å². The first-order valence-electron chi connectivity index (χ1n) is 4.78. The van der Waals surface area contributed by atoms with E-state index in [-0.39, 0.29) is 5.15 Å². The zero-order valence-corrected chi connectivity index (χ0v) is 9.78. The first-order chi connectivity index (χ1) is 8.13. The van der Waals surface area contributed by atoms with Crippen molar-refractivity contribution in [3.8, 4) is 12.1 Å². The number of hydrogen-bond acceptors (Lipinski definition) is 5. The summed E-state index contributed by atoms with van der Waals surface area (Å²) in [7, 11) is 0. The van der Waals surface area contributed by atoms with E-state index in [4.69, 9.17) is 27.5 Å². The molecule has 1 aromatic heterocycles. The molecule has 17 heavy (non-hydrogen) atoms. The summed E-state index contributed by atoms with van der Waals surface area (Å²) in [5, 5.41) is 31.3. The van der Waals surface area contributed by atoms with E-state index in [1.54, 1.807) is 12.1 Å². The third-order valence-electron chi connectivity index (χ3n) is 2.06. The van der Waals surface area contributed by atoms with Gasteiger partial charge in [-0.25, -0.2) is 0 Å². The Morgan fingerprint density at radius 2 is 2.41 bits per heavy atom. The minimum absolute atomic E-state index is 0.255. The Kier molecular flexibility index (Phi) is 4.38. The first-order valence-corrected chi connectivity index (χ1v) is 5.15. The molecule has 0 amide bonds. The van der Waals surface area contributed by atoms with E-state index in [1.807, 2.05) is 6.92 Å². The van der Waals surface area contributed by atoms with Crippen molar-refractivity contribution in [2.45, 2.75) is 19.4 Å². The lowest BCUT2D eigenvalue weighted by Crippen LogP contribution is -2.13. The van der Waals surface area contributed by atoms with E-state index in [2.05, 4.69) is 15.2 Å². The number of H-pyrrole nitrogens is 1. The summed E-state index contributed by atoms with van der Waals surface area (Å²) in [5.41, 5.74) is 0.973. The molecule has 7 heteroatoms. The molecular formula is C10H9ClN6. The number of rotatable bonds is 4. The van der Waals surface area contributed by atoms with Gasteiger partial charge in [0.1, 0.15) is 11.8 Å². The molecule has 0 aliphatic heterocycles. The van der Waals surface area contributed by atoms with Gasteiger partial charge in [0.2, 0.25) is 0 Å². The minimum atomic E-state index is -1.10. The smallest absolute Gasteiger partial charge is 0.187 e. The van der Waals surface area contributed by atoms with Crippen LogP contribution < -0.4 is 0 Å². The molecule has 1 aromatic rings. The molecule has 2 N–H and O–H groups in total. The van der Waals surface area contributed by atoms with E-state index in [0.29, 0.717) is 12.0 Å². The van der Waals surface area contributed by atoms with Gasteiger partial charge in [-0.05, 0) is 6.42 Å². The lowest BCUT2D eigenvalue weighted by Gasteiger charge is -1.98. The van der Waals surface area contributed by atoms with Crippen molar-refractivity contribution < 1.29 is 0 Å².